The average molecular weight is 366 g/mol. The number of nitrogens with one attached hydrogen (secondary N) is 1. The van der Waals surface area contributed by atoms with Crippen LogP contribution in [0.25, 0.3) is 0 Å². The first-order valence-corrected chi connectivity index (χ1v) is 8.83. The highest BCUT2D eigenvalue weighted by Crippen LogP contribution is 2.37. The largest absolute Gasteiger partial charge is 0.342 e. The lowest BCUT2D eigenvalue weighted by molar-refractivity contribution is -0.139. The molecule has 3 aliphatic rings. The molecule has 3 heterocycles. The van der Waals surface area contributed by atoms with Gasteiger partial charge in [0.15, 0.2) is 0 Å². The van der Waals surface area contributed by atoms with Crippen molar-refractivity contribution in [3.8, 4) is 0 Å². The van der Waals surface area contributed by atoms with E-state index in [9.17, 15) is 4.79 Å². The van der Waals surface area contributed by atoms with Crippen molar-refractivity contribution in [3.05, 3.63) is 0 Å². The summed E-state index contributed by atoms with van der Waals surface area (Å²) in [7, 11) is 0. The number of carbonyl (C=O) groups excluding carboxylic acids is 1. The maximum Gasteiger partial charge on any atom is 0.225 e. The van der Waals surface area contributed by atoms with Crippen molar-refractivity contribution in [2.24, 2.45) is 11.3 Å². The fourth-order valence-corrected chi connectivity index (χ4v) is 4.34. The lowest BCUT2D eigenvalue weighted by atomic mass is 9.77. The van der Waals surface area contributed by atoms with E-state index in [4.69, 9.17) is 0 Å². The molecule has 0 aromatic carbocycles. The third-order valence-corrected chi connectivity index (χ3v) is 6.08. The van der Waals surface area contributed by atoms with Crippen LogP contribution in [-0.4, -0.2) is 61.0 Å². The number of amides is 1. The molecule has 0 saturated carbocycles. The monoisotopic (exact) mass is 365 g/mol. The molecule has 6 heteroatoms. The lowest BCUT2D eigenvalue weighted by Gasteiger charge is -2.41. The van der Waals surface area contributed by atoms with Gasteiger partial charge in [-0.2, -0.15) is 0 Å². The van der Waals surface area contributed by atoms with E-state index in [0.717, 1.165) is 39.0 Å². The second kappa shape index (κ2) is 8.89. The predicted molar refractivity (Wildman–Crippen MR) is 99.7 cm³/mol. The van der Waals surface area contributed by atoms with Gasteiger partial charge in [-0.25, -0.2) is 0 Å². The first-order valence-electron chi connectivity index (χ1n) is 8.83. The van der Waals surface area contributed by atoms with E-state index < -0.39 is 0 Å². The summed E-state index contributed by atoms with van der Waals surface area (Å²) in [5.41, 5.74) is 0.512. The first-order chi connectivity index (χ1) is 10.1. The van der Waals surface area contributed by atoms with Crippen LogP contribution in [-0.2, 0) is 4.79 Å². The maximum atomic E-state index is 12.7. The Labute approximate surface area is 153 Å². The summed E-state index contributed by atoms with van der Waals surface area (Å²) in [6.07, 6.45) is 5.83. The Morgan fingerprint density at radius 1 is 1.04 bits per heavy atom. The van der Waals surface area contributed by atoms with Crippen LogP contribution in [0.15, 0.2) is 0 Å². The maximum absolute atomic E-state index is 12.7. The minimum absolute atomic E-state index is 0. The van der Waals surface area contributed by atoms with Crippen LogP contribution >= 0.6 is 24.8 Å². The van der Waals surface area contributed by atoms with Crippen molar-refractivity contribution in [1.29, 1.82) is 0 Å². The molecular weight excluding hydrogens is 333 g/mol. The summed E-state index contributed by atoms with van der Waals surface area (Å²) in [6.45, 7) is 11.0. The SMILES string of the molecule is CC(C)N1CCC(C(=O)N2CCC3(CCNC3)CC2)CC1.Cl.Cl. The van der Waals surface area contributed by atoms with E-state index >= 15 is 0 Å². The molecule has 1 amide bonds. The van der Waals surface area contributed by atoms with Crippen LogP contribution in [0.4, 0.5) is 0 Å². The van der Waals surface area contributed by atoms with Crippen molar-refractivity contribution in [2.75, 3.05) is 39.3 Å². The molecule has 3 saturated heterocycles. The second-order valence-electron chi connectivity index (χ2n) is 7.66. The van der Waals surface area contributed by atoms with Gasteiger partial charge in [-0.1, -0.05) is 0 Å². The van der Waals surface area contributed by atoms with E-state index in [1.807, 2.05) is 0 Å². The second-order valence-corrected chi connectivity index (χ2v) is 7.66. The zero-order valence-corrected chi connectivity index (χ0v) is 16.2. The predicted octanol–water partition coefficient (Wildman–Crippen LogP) is 2.55. The first kappa shape index (κ1) is 21.0. The summed E-state index contributed by atoms with van der Waals surface area (Å²) in [6, 6.07) is 0.616. The van der Waals surface area contributed by atoms with Crippen molar-refractivity contribution < 1.29 is 4.79 Å². The number of nitrogens with zero attached hydrogens (tertiary/aromatic N) is 2. The zero-order valence-electron chi connectivity index (χ0n) is 14.6. The number of hydrogen-bond acceptors (Lipinski definition) is 3. The molecule has 4 nitrogen and oxygen atoms in total. The highest BCUT2D eigenvalue weighted by molar-refractivity contribution is 5.85. The van der Waals surface area contributed by atoms with E-state index in [0.29, 0.717) is 17.4 Å². The highest BCUT2D eigenvalue weighted by atomic mass is 35.5. The quantitative estimate of drug-likeness (QED) is 0.816. The molecule has 0 bridgehead atoms. The van der Waals surface area contributed by atoms with Gasteiger partial charge in [0.1, 0.15) is 0 Å². The molecule has 0 aliphatic carbocycles. The van der Waals surface area contributed by atoms with E-state index in [1.54, 1.807) is 0 Å². The number of rotatable bonds is 2. The Balaban J connectivity index is 0.00000132. The average Bonchev–Trinajstić information content (AvgIpc) is 2.96. The number of piperidine rings is 2. The smallest absolute Gasteiger partial charge is 0.225 e. The molecular formula is C17H33Cl2N3O. The summed E-state index contributed by atoms with van der Waals surface area (Å²) in [5, 5.41) is 3.50. The summed E-state index contributed by atoms with van der Waals surface area (Å²) < 4.78 is 0. The minimum Gasteiger partial charge on any atom is -0.342 e. The van der Waals surface area contributed by atoms with Gasteiger partial charge in [0.2, 0.25) is 5.91 Å². The highest BCUT2D eigenvalue weighted by Gasteiger charge is 2.39. The number of hydrogen-bond donors (Lipinski definition) is 1. The van der Waals surface area contributed by atoms with Gasteiger partial charge in [-0.3, -0.25) is 4.79 Å². The number of likely N-dealkylation sites (tertiary alicyclic amines) is 2. The molecule has 0 aromatic rings. The zero-order chi connectivity index (χ0) is 14.9. The Kier molecular flexibility index (Phi) is 8.12. The standard InChI is InChI=1S/C17H31N3O.2ClH/c1-14(2)19-9-3-15(4-10-19)16(21)20-11-6-17(7-12-20)5-8-18-13-17;;/h14-15,18H,3-13H2,1-2H3;2*1H. The van der Waals surface area contributed by atoms with Gasteiger partial charge >= 0.3 is 0 Å². The Hall–Kier alpha value is -0.0300. The fraction of sp³-hybridized carbons (Fsp3) is 0.941. The van der Waals surface area contributed by atoms with E-state index in [2.05, 4.69) is 29.0 Å². The molecule has 1 N–H and O–H groups in total. The van der Waals surface area contributed by atoms with Crippen molar-refractivity contribution in [3.63, 3.8) is 0 Å². The van der Waals surface area contributed by atoms with Gasteiger partial charge in [0.25, 0.3) is 0 Å². The van der Waals surface area contributed by atoms with Gasteiger partial charge in [0, 0.05) is 31.6 Å². The number of carbonyl (C=O) groups is 1. The normalized spacial score (nSPS) is 25.3. The Morgan fingerprint density at radius 3 is 2.13 bits per heavy atom. The van der Waals surface area contributed by atoms with Crippen molar-refractivity contribution in [2.45, 2.75) is 52.0 Å². The fourth-order valence-electron chi connectivity index (χ4n) is 4.34. The molecule has 0 aromatic heterocycles. The van der Waals surface area contributed by atoms with Crippen LogP contribution in [0, 0.1) is 11.3 Å². The lowest BCUT2D eigenvalue weighted by Crippen LogP contribution is -2.48. The van der Waals surface area contributed by atoms with Crippen molar-refractivity contribution in [1.82, 2.24) is 15.1 Å². The Morgan fingerprint density at radius 2 is 1.65 bits per heavy atom. The third-order valence-electron chi connectivity index (χ3n) is 6.08. The van der Waals surface area contributed by atoms with Crippen LogP contribution < -0.4 is 5.32 Å². The topological polar surface area (TPSA) is 35.6 Å². The molecule has 136 valence electrons. The summed E-state index contributed by atoms with van der Waals surface area (Å²) >= 11 is 0. The molecule has 0 atom stereocenters. The summed E-state index contributed by atoms with van der Waals surface area (Å²) in [5.74, 6) is 0.731. The van der Waals surface area contributed by atoms with E-state index in [-0.39, 0.29) is 30.7 Å². The number of halogens is 2. The third kappa shape index (κ3) is 4.75. The van der Waals surface area contributed by atoms with Crippen LogP contribution in [0.1, 0.15) is 46.0 Å². The van der Waals surface area contributed by atoms with Crippen LogP contribution in [0.2, 0.25) is 0 Å². The van der Waals surface area contributed by atoms with Crippen molar-refractivity contribution >= 4 is 30.7 Å². The molecule has 0 radical (unpaired) electrons. The van der Waals surface area contributed by atoms with Gasteiger partial charge in [0.05, 0.1) is 0 Å². The molecule has 0 unspecified atom stereocenters. The van der Waals surface area contributed by atoms with Crippen LogP contribution in [0.3, 0.4) is 0 Å². The van der Waals surface area contributed by atoms with Gasteiger partial charge in [-0.05, 0) is 71.0 Å². The van der Waals surface area contributed by atoms with E-state index in [1.165, 1.54) is 32.4 Å². The molecule has 1 spiro atoms. The minimum atomic E-state index is 0. The Bertz CT molecular complexity index is 368. The molecule has 3 aliphatic heterocycles. The summed E-state index contributed by atoms with van der Waals surface area (Å²) in [4.78, 5) is 17.4. The molecule has 3 rings (SSSR count). The van der Waals surface area contributed by atoms with Crippen LogP contribution in [0.5, 0.6) is 0 Å². The van der Waals surface area contributed by atoms with Gasteiger partial charge in [-0.15, -0.1) is 24.8 Å². The van der Waals surface area contributed by atoms with Gasteiger partial charge < -0.3 is 15.1 Å². The molecule has 3 fully saturated rings. The molecule has 23 heavy (non-hydrogen) atoms.